The van der Waals surface area contributed by atoms with Crippen LogP contribution >= 0.6 is 11.3 Å². The molecule has 2 aliphatic carbocycles. The highest BCUT2D eigenvalue weighted by Gasteiger charge is 2.45. The molecule has 34 heavy (non-hydrogen) atoms. The second-order valence-electron chi connectivity index (χ2n) is 9.46. The molecule has 176 valence electrons. The zero-order chi connectivity index (χ0) is 23.0. The van der Waals surface area contributed by atoms with Crippen LogP contribution in [0, 0.1) is 5.41 Å². The molecule has 0 unspecified atom stereocenters. The quantitative estimate of drug-likeness (QED) is 0.542. The smallest absolute Gasteiger partial charge is 0.317 e. The van der Waals surface area contributed by atoms with E-state index in [1.54, 1.807) is 29.7 Å². The highest BCUT2D eigenvalue weighted by atomic mass is 32.1. The molecule has 9 nitrogen and oxygen atoms in total. The van der Waals surface area contributed by atoms with Gasteiger partial charge >= 0.3 is 6.01 Å². The summed E-state index contributed by atoms with van der Waals surface area (Å²) >= 11 is 1.46. The average molecular weight is 478 g/mol. The first-order valence-electron chi connectivity index (χ1n) is 12.0. The lowest BCUT2D eigenvalue weighted by molar-refractivity contribution is -0.119. The number of carbonyl (C=O) groups excluding carboxylic acids is 1. The molecule has 1 N–H and O–H groups in total. The van der Waals surface area contributed by atoms with Gasteiger partial charge in [-0.1, -0.05) is 11.3 Å². The zero-order valence-electron chi connectivity index (χ0n) is 18.9. The van der Waals surface area contributed by atoms with Crippen molar-refractivity contribution in [1.29, 1.82) is 0 Å². The molecule has 1 aliphatic heterocycles. The number of ether oxygens (including phenoxy) is 1. The molecule has 1 spiro atoms. The molecular formula is C24H27N7O2S. The fourth-order valence-corrected chi connectivity index (χ4v) is 5.61. The van der Waals surface area contributed by atoms with E-state index in [0.29, 0.717) is 28.9 Å². The number of hydrogen-bond acceptors (Lipinski definition) is 9. The Hall–Kier alpha value is -3.14. The molecule has 3 fully saturated rings. The number of nitrogens with one attached hydrogen (secondary N) is 1. The van der Waals surface area contributed by atoms with E-state index < -0.39 is 0 Å². The van der Waals surface area contributed by atoms with Gasteiger partial charge in [0.25, 0.3) is 0 Å². The number of hydrogen-bond donors (Lipinski definition) is 1. The van der Waals surface area contributed by atoms with E-state index >= 15 is 0 Å². The second kappa shape index (κ2) is 8.90. The van der Waals surface area contributed by atoms with E-state index in [1.807, 2.05) is 6.07 Å². The molecule has 1 saturated heterocycles. The van der Waals surface area contributed by atoms with E-state index in [0.717, 1.165) is 48.5 Å². The van der Waals surface area contributed by atoms with Gasteiger partial charge in [-0.25, -0.2) is 19.9 Å². The van der Waals surface area contributed by atoms with Crippen molar-refractivity contribution in [2.75, 3.05) is 16.8 Å². The minimum atomic E-state index is 0.128. The van der Waals surface area contributed by atoms with Crippen LogP contribution in [0.1, 0.15) is 57.8 Å². The lowest BCUT2D eigenvalue weighted by Crippen LogP contribution is -2.35. The minimum Gasteiger partial charge on any atom is -0.460 e. The number of rotatable bonds is 6. The SMILES string of the molecule is O=C1CCCCN1c1cnc(Nc2ncc(-c3ccnc(OC4CCC5(CC4)CC5)n3)s2)nc1. The van der Waals surface area contributed by atoms with Crippen LogP contribution in [0.25, 0.3) is 10.6 Å². The Morgan fingerprint density at radius 3 is 2.62 bits per heavy atom. The Labute approximate surface area is 202 Å². The minimum absolute atomic E-state index is 0.128. The molecule has 1 amide bonds. The fourth-order valence-electron chi connectivity index (χ4n) is 4.83. The van der Waals surface area contributed by atoms with E-state index in [-0.39, 0.29) is 12.0 Å². The van der Waals surface area contributed by atoms with Crippen LogP contribution in [0.5, 0.6) is 6.01 Å². The Morgan fingerprint density at radius 1 is 1.03 bits per heavy atom. The third-order valence-electron chi connectivity index (χ3n) is 7.11. The van der Waals surface area contributed by atoms with E-state index in [9.17, 15) is 4.79 Å². The summed E-state index contributed by atoms with van der Waals surface area (Å²) in [6, 6.07) is 2.30. The Morgan fingerprint density at radius 2 is 1.85 bits per heavy atom. The van der Waals surface area contributed by atoms with Crippen LogP contribution in [0.3, 0.4) is 0 Å². The van der Waals surface area contributed by atoms with Crippen molar-refractivity contribution in [2.45, 2.75) is 63.9 Å². The summed E-state index contributed by atoms with van der Waals surface area (Å²) in [6.07, 6.45) is 17.1. The van der Waals surface area contributed by atoms with Gasteiger partial charge in [0.15, 0.2) is 5.13 Å². The van der Waals surface area contributed by atoms with Crippen LogP contribution in [0.2, 0.25) is 0 Å². The van der Waals surface area contributed by atoms with Gasteiger partial charge in [0.2, 0.25) is 11.9 Å². The molecule has 3 aliphatic rings. The molecule has 0 radical (unpaired) electrons. The first-order chi connectivity index (χ1) is 16.7. The molecule has 0 atom stereocenters. The largest absolute Gasteiger partial charge is 0.460 e. The Bertz CT molecular complexity index is 1170. The molecule has 4 heterocycles. The van der Waals surface area contributed by atoms with Gasteiger partial charge in [-0.05, 0) is 62.8 Å². The molecule has 3 aromatic heterocycles. The number of nitrogens with zero attached hydrogens (tertiary/aromatic N) is 6. The van der Waals surface area contributed by atoms with E-state index in [4.69, 9.17) is 4.74 Å². The highest BCUT2D eigenvalue weighted by Crippen LogP contribution is 2.56. The fraction of sp³-hybridized carbons (Fsp3) is 0.500. The lowest BCUT2D eigenvalue weighted by atomic mass is 9.85. The van der Waals surface area contributed by atoms with Gasteiger partial charge in [-0.2, -0.15) is 4.98 Å². The lowest BCUT2D eigenvalue weighted by Gasteiger charge is -2.28. The van der Waals surface area contributed by atoms with Gasteiger partial charge in [0, 0.05) is 25.4 Å². The summed E-state index contributed by atoms with van der Waals surface area (Å²) in [5.74, 6) is 0.565. The van der Waals surface area contributed by atoms with Crippen LogP contribution < -0.4 is 15.0 Å². The predicted octanol–water partition coefficient (Wildman–Crippen LogP) is 4.75. The average Bonchev–Trinajstić information content (AvgIpc) is 3.46. The molecule has 3 aromatic rings. The maximum Gasteiger partial charge on any atom is 0.317 e. The molecule has 2 saturated carbocycles. The molecule has 0 bridgehead atoms. The monoisotopic (exact) mass is 477 g/mol. The van der Waals surface area contributed by atoms with Crippen molar-refractivity contribution in [1.82, 2.24) is 24.9 Å². The van der Waals surface area contributed by atoms with Crippen molar-refractivity contribution in [2.24, 2.45) is 5.41 Å². The van der Waals surface area contributed by atoms with Crippen molar-refractivity contribution < 1.29 is 9.53 Å². The van der Waals surface area contributed by atoms with Crippen molar-refractivity contribution in [3.8, 4) is 16.6 Å². The standard InChI is InChI=1S/C24H27N7O2S/c32-20-3-1-2-12-31(20)16-13-26-21(27-14-16)30-23-28-15-19(34-23)18-6-11-25-22(29-18)33-17-4-7-24(8-5-17)9-10-24/h6,11,13-15,17H,1-5,7-10,12H2,(H,26,27,28,30). The third-order valence-corrected chi connectivity index (χ3v) is 8.04. The van der Waals surface area contributed by atoms with Gasteiger partial charge < -0.3 is 15.0 Å². The molecular weight excluding hydrogens is 450 g/mol. The van der Waals surface area contributed by atoms with E-state index in [1.165, 1.54) is 37.0 Å². The van der Waals surface area contributed by atoms with Crippen molar-refractivity contribution in [3.63, 3.8) is 0 Å². The summed E-state index contributed by atoms with van der Waals surface area (Å²) in [5.41, 5.74) is 2.16. The van der Waals surface area contributed by atoms with Crippen molar-refractivity contribution in [3.05, 3.63) is 30.9 Å². The first kappa shape index (κ1) is 21.4. The molecule has 10 heteroatoms. The second-order valence-corrected chi connectivity index (χ2v) is 10.5. The van der Waals surface area contributed by atoms with Crippen LogP contribution in [-0.4, -0.2) is 43.5 Å². The van der Waals surface area contributed by atoms with Crippen LogP contribution in [-0.2, 0) is 4.79 Å². The number of thiazole rings is 1. The number of carbonyl (C=O) groups is 1. The topological polar surface area (TPSA) is 106 Å². The summed E-state index contributed by atoms with van der Waals surface area (Å²) in [6.45, 7) is 0.719. The zero-order valence-corrected chi connectivity index (χ0v) is 19.8. The van der Waals surface area contributed by atoms with E-state index in [2.05, 4.69) is 30.2 Å². The predicted molar refractivity (Wildman–Crippen MR) is 129 cm³/mol. The highest BCUT2D eigenvalue weighted by molar-refractivity contribution is 7.18. The summed E-state index contributed by atoms with van der Waals surface area (Å²) in [5, 5.41) is 3.80. The summed E-state index contributed by atoms with van der Waals surface area (Å²) < 4.78 is 6.11. The Balaban J connectivity index is 1.09. The molecule has 0 aromatic carbocycles. The Kier molecular flexibility index (Phi) is 5.60. The number of amides is 1. The van der Waals surface area contributed by atoms with Crippen molar-refractivity contribution >= 4 is 34.0 Å². The molecule has 6 rings (SSSR count). The van der Waals surface area contributed by atoms with Crippen LogP contribution in [0.15, 0.2) is 30.9 Å². The van der Waals surface area contributed by atoms with Gasteiger partial charge in [-0.3, -0.25) is 4.79 Å². The summed E-state index contributed by atoms with van der Waals surface area (Å²) in [4.78, 5) is 36.9. The maximum absolute atomic E-state index is 12.1. The van der Waals surface area contributed by atoms with Crippen LogP contribution in [0.4, 0.5) is 16.8 Å². The number of piperidine rings is 1. The third kappa shape index (κ3) is 4.59. The van der Waals surface area contributed by atoms with Gasteiger partial charge in [0.1, 0.15) is 6.10 Å². The normalized spacial score (nSPS) is 19.9. The number of anilines is 3. The van der Waals surface area contributed by atoms with Gasteiger partial charge in [-0.15, -0.1) is 0 Å². The van der Waals surface area contributed by atoms with Gasteiger partial charge in [0.05, 0.1) is 28.7 Å². The first-order valence-corrected chi connectivity index (χ1v) is 12.8. The summed E-state index contributed by atoms with van der Waals surface area (Å²) in [7, 11) is 0. The maximum atomic E-state index is 12.1. The number of aromatic nitrogens is 5.